The average Bonchev–Trinajstić information content (AvgIpc) is 2.69. The molecule has 0 amide bonds. The predicted molar refractivity (Wildman–Crippen MR) is 111 cm³/mol. The molecule has 0 saturated heterocycles. The van der Waals surface area contributed by atoms with Gasteiger partial charge in [-0.25, -0.2) is 4.39 Å². The van der Waals surface area contributed by atoms with Gasteiger partial charge in [0, 0.05) is 4.90 Å². The molecule has 3 aromatic rings. The van der Waals surface area contributed by atoms with Crippen molar-refractivity contribution in [2.24, 2.45) is 0 Å². The summed E-state index contributed by atoms with van der Waals surface area (Å²) in [7, 11) is 0. The maximum absolute atomic E-state index is 14.5. The highest BCUT2D eigenvalue weighted by Crippen LogP contribution is 2.36. The maximum atomic E-state index is 14.5. The van der Waals surface area contributed by atoms with E-state index in [1.807, 2.05) is 36.4 Å². The summed E-state index contributed by atoms with van der Waals surface area (Å²) in [5, 5.41) is 1.39. The summed E-state index contributed by atoms with van der Waals surface area (Å²) >= 11 is 1.92. The van der Waals surface area contributed by atoms with Gasteiger partial charge in [0.2, 0.25) is 10.2 Å². The van der Waals surface area contributed by atoms with E-state index in [0.717, 1.165) is 50.8 Å². The van der Waals surface area contributed by atoms with Crippen LogP contribution in [0.15, 0.2) is 89.7 Å². The Bertz CT molecular complexity index is 1070. The molecule has 0 aliphatic rings. The number of thioether (sulfide) groups is 2. The Morgan fingerprint density at radius 2 is 1.44 bits per heavy atom. The molecule has 27 heavy (non-hydrogen) atoms. The highest BCUT2D eigenvalue weighted by Gasteiger charge is 2.12. The van der Waals surface area contributed by atoms with Crippen LogP contribution in [0.1, 0.15) is 0 Å². The molecule has 0 fully saturated rings. The number of rotatable bonds is 5. The molecule has 134 valence electrons. The third-order valence-electron chi connectivity index (χ3n) is 3.88. The number of halogens is 1. The lowest BCUT2D eigenvalue weighted by atomic mass is 9.98. The third kappa shape index (κ3) is 4.21. The van der Waals surface area contributed by atoms with Gasteiger partial charge in [0.25, 0.3) is 0 Å². The minimum atomic E-state index is -0.461. The van der Waals surface area contributed by atoms with Gasteiger partial charge in [0.15, 0.2) is 0 Å². The number of carbonyl (C=O) groups excluding carboxylic acids is 2. The van der Waals surface area contributed by atoms with Crippen LogP contribution >= 0.6 is 23.5 Å². The average molecular weight is 394 g/mol. The van der Waals surface area contributed by atoms with E-state index in [2.05, 4.69) is 13.2 Å². The highest BCUT2D eigenvalue weighted by molar-refractivity contribution is 8.14. The SMILES string of the molecule is C=CC(=O)Sc1ccc(-c2cccc3c(SC(=O)C=C)cccc23)cc1F. The minimum Gasteiger partial charge on any atom is -0.282 e. The summed E-state index contributed by atoms with van der Waals surface area (Å²) in [6.45, 7) is 6.90. The first kappa shape index (κ1) is 19.1. The van der Waals surface area contributed by atoms with Gasteiger partial charge in [-0.05, 0) is 75.8 Å². The first-order valence-electron chi connectivity index (χ1n) is 8.03. The monoisotopic (exact) mass is 394 g/mol. The van der Waals surface area contributed by atoms with Crippen molar-refractivity contribution in [3.63, 3.8) is 0 Å². The highest BCUT2D eigenvalue weighted by atomic mass is 32.2. The van der Waals surface area contributed by atoms with Crippen LogP contribution in [0.4, 0.5) is 4.39 Å². The Morgan fingerprint density at radius 1 is 0.815 bits per heavy atom. The first-order valence-corrected chi connectivity index (χ1v) is 9.67. The summed E-state index contributed by atoms with van der Waals surface area (Å²) in [6.07, 6.45) is 2.44. The van der Waals surface area contributed by atoms with Crippen LogP contribution in [0.25, 0.3) is 21.9 Å². The van der Waals surface area contributed by atoms with Crippen LogP contribution in [0, 0.1) is 5.82 Å². The normalized spacial score (nSPS) is 10.6. The van der Waals surface area contributed by atoms with E-state index in [9.17, 15) is 14.0 Å². The van der Waals surface area contributed by atoms with Crippen molar-refractivity contribution >= 4 is 44.5 Å². The largest absolute Gasteiger partial charge is 0.282 e. The fraction of sp³-hybridized carbons (Fsp3) is 0. The van der Waals surface area contributed by atoms with E-state index in [0.29, 0.717) is 5.56 Å². The summed E-state index contributed by atoms with van der Waals surface area (Å²) in [6, 6.07) is 16.2. The number of carbonyl (C=O) groups is 2. The summed E-state index contributed by atoms with van der Waals surface area (Å²) in [4.78, 5) is 24.3. The molecule has 0 N–H and O–H groups in total. The van der Waals surface area contributed by atoms with Gasteiger partial charge < -0.3 is 0 Å². The Labute approximate surface area is 165 Å². The zero-order valence-electron chi connectivity index (χ0n) is 14.3. The van der Waals surface area contributed by atoms with Gasteiger partial charge in [-0.15, -0.1) is 0 Å². The van der Waals surface area contributed by atoms with Crippen molar-refractivity contribution in [2.45, 2.75) is 9.79 Å². The molecule has 0 radical (unpaired) electrons. The van der Waals surface area contributed by atoms with Gasteiger partial charge in [0.05, 0.1) is 4.90 Å². The Morgan fingerprint density at radius 3 is 2.11 bits per heavy atom. The standard InChI is InChI=1S/C22H15FO2S2/c1-3-21(24)26-19-10-6-8-16-15(7-5-9-17(16)19)14-11-12-20(18(23)13-14)27-22(25)4-2/h3-13H,1-2H2. The second-order valence-electron chi connectivity index (χ2n) is 5.55. The molecule has 2 nitrogen and oxygen atoms in total. The number of fused-ring (bicyclic) bond motifs is 1. The van der Waals surface area contributed by atoms with E-state index in [1.54, 1.807) is 12.1 Å². The van der Waals surface area contributed by atoms with Crippen LogP contribution in [0.5, 0.6) is 0 Å². The molecule has 0 saturated carbocycles. The van der Waals surface area contributed by atoms with Crippen LogP contribution in [-0.2, 0) is 9.59 Å². The zero-order chi connectivity index (χ0) is 19.4. The molecule has 0 unspecified atom stereocenters. The van der Waals surface area contributed by atoms with Gasteiger partial charge in [0.1, 0.15) is 5.82 Å². The fourth-order valence-corrected chi connectivity index (χ4v) is 4.00. The molecule has 0 aromatic heterocycles. The Kier molecular flexibility index (Phi) is 5.94. The molecule has 0 heterocycles. The van der Waals surface area contributed by atoms with Gasteiger partial charge in [-0.2, -0.15) is 0 Å². The van der Waals surface area contributed by atoms with Crippen LogP contribution in [-0.4, -0.2) is 10.2 Å². The molecule has 0 spiro atoms. The van der Waals surface area contributed by atoms with Crippen LogP contribution in [0.2, 0.25) is 0 Å². The summed E-state index contributed by atoms with van der Waals surface area (Å²) in [5.74, 6) is -0.461. The lowest BCUT2D eigenvalue weighted by Crippen LogP contribution is -1.90. The van der Waals surface area contributed by atoms with E-state index in [4.69, 9.17) is 0 Å². The second kappa shape index (κ2) is 8.37. The van der Waals surface area contributed by atoms with Gasteiger partial charge >= 0.3 is 0 Å². The summed E-state index contributed by atoms with van der Waals surface area (Å²) < 4.78 is 14.5. The number of hydrogen-bond donors (Lipinski definition) is 0. The second-order valence-corrected chi connectivity index (χ2v) is 7.65. The number of benzene rings is 3. The third-order valence-corrected chi connectivity index (χ3v) is 5.74. The molecule has 3 rings (SSSR count). The lowest BCUT2D eigenvalue weighted by molar-refractivity contribution is -0.107. The van der Waals surface area contributed by atoms with Crippen molar-refractivity contribution < 1.29 is 14.0 Å². The Hall–Kier alpha value is -2.63. The van der Waals surface area contributed by atoms with Crippen molar-refractivity contribution in [3.05, 3.63) is 85.7 Å². The number of hydrogen-bond acceptors (Lipinski definition) is 4. The molecule has 3 aromatic carbocycles. The first-order chi connectivity index (χ1) is 13.0. The van der Waals surface area contributed by atoms with Crippen LogP contribution in [0.3, 0.4) is 0 Å². The van der Waals surface area contributed by atoms with Gasteiger partial charge in [-0.1, -0.05) is 49.6 Å². The van der Waals surface area contributed by atoms with Crippen molar-refractivity contribution in [1.29, 1.82) is 0 Å². The van der Waals surface area contributed by atoms with Crippen molar-refractivity contribution in [1.82, 2.24) is 0 Å². The molecule has 0 bridgehead atoms. The van der Waals surface area contributed by atoms with E-state index < -0.39 is 5.82 Å². The predicted octanol–water partition coefficient (Wildman–Crippen LogP) is 6.26. The quantitative estimate of drug-likeness (QED) is 0.378. The van der Waals surface area contributed by atoms with Crippen molar-refractivity contribution in [3.8, 4) is 11.1 Å². The molecular weight excluding hydrogens is 379 g/mol. The maximum Gasteiger partial charge on any atom is 0.216 e. The minimum absolute atomic E-state index is 0.132. The molecule has 0 aliphatic carbocycles. The zero-order valence-corrected chi connectivity index (χ0v) is 15.9. The molecular formula is C22H15FO2S2. The van der Waals surface area contributed by atoms with Crippen molar-refractivity contribution in [2.75, 3.05) is 0 Å². The van der Waals surface area contributed by atoms with Gasteiger partial charge in [-0.3, -0.25) is 9.59 Å². The smallest absolute Gasteiger partial charge is 0.216 e. The summed E-state index contributed by atoms with van der Waals surface area (Å²) in [5.41, 5.74) is 1.55. The van der Waals surface area contributed by atoms with E-state index >= 15 is 0 Å². The van der Waals surface area contributed by atoms with E-state index in [-0.39, 0.29) is 15.1 Å². The molecule has 0 atom stereocenters. The van der Waals surface area contributed by atoms with E-state index in [1.165, 1.54) is 12.1 Å². The molecule has 5 heteroatoms. The molecule has 0 aliphatic heterocycles. The Balaban J connectivity index is 2.07. The lowest BCUT2D eigenvalue weighted by Gasteiger charge is -2.11. The topological polar surface area (TPSA) is 34.1 Å². The van der Waals surface area contributed by atoms with Crippen LogP contribution < -0.4 is 0 Å². The fourth-order valence-electron chi connectivity index (χ4n) is 2.67.